The number of aliphatic hydroxyl groups excluding tert-OH is 1. The number of aryl methyl sites for hydroxylation is 1. The van der Waals surface area contributed by atoms with Gasteiger partial charge in [0, 0.05) is 29.2 Å². The van der Waals surface area contributed by atoms with Crippen LogP contribution < -0.4 is 5.32 Å². The minimum Gasteiger partial charge on any atom is -0.462 e. The molecule has 3 rings (SSSR count). The zero-order valence-electron chi connectivity index (χ0n) is 18.7. The number of rotatable bonds is 9. The molecule has 31 heavy (non-hydrogen) atoms. The van der Waals surface area contributed by atoms with Gasteiger partial charge in [0.05, 0.1) is 17.7 Å². The average Bonchev–Trinajstić information content (AvgIpc) is 3.19. The monoisotopic (exact) mass is 425 g/mol. The van der Waals surface area contributed by atoms with Crippen molar-refractivity contribution in [2.24, 2.45) is 0 Å². The molecule has 7 nitrogen and oxygen atoms in total. The fourth-order valence-corrected chi connectivity index (χ4v) is 4.07. The topological polar surface area (TPSA) is 94.7 Å². The number of ether oxygens (including phenoxy) is 1. The van der Waals surface area contributed by atoms with Gasteiger partial charge in [0.1, 0.15) is 0 Å². The summed E-state index contributed by atoms with van der Waals surface area (Å²) in [6.45, 7) is 4.83. The summed E-state index contributed by atoms with van der Waals surface area (Å²) in [5.74, 6) is -0.539. The van der Waals surface area contributed by atoms with Crippen LogP contribution in [0.1, 0.15) is 51.8 Å². The molecule has 2 aromatic rings. The average molecular weight is 426 g/mol. The second-order valence-electron chi connectivity index (χ2n) is 7.97. The van der Waals surface area contributed by atoms with E-state index in [-0.39, 0.29) is 18.5 Å². The first-order valence-corrected chi connectivity index (χ1v) is 10.7. The molecular weight excluding hydrogens is 394 g/mol. The van der Waals surface area contributed by atoms with Crippen LogP contribution >= 0.6 is 0 Å². The Morgan fingerprint density at radius 1 is 1.26 bits per heavy atom. The van der Waals surface area contributed by atoms with E-state index < -0.39 is 0 Å². The van der Waals surface area contributed by atoms with E-state index in [1.807, 2.05) is 45.3 Å². The summed E-state index contributed by atoms with van der Waals surface area (Å²) in [7, 11) is 4.03. The van der Waals surface area contributed by atoms with Gasteiger partial charge in [0.2, 0.25) is 0 Å². The van der Waals surface area contributed by atoms with Crippen LogP contribution in [0.15, 0.2) is 18.2 Å². The van der Waals surface area contributed by atoms with Crippen LogP contribution in [-0.4, -0.2) is 60.7 Å². The number of esters is 1. The van der Waals surface area contributed by atoms with Crippen molar-refractivity contribution in [1.82, 2.24) is 9.88 Å². The first-order chi connectivity index (χ1) is 14.9. The molecule has 0 saturated heterocycles. The number of aromatic nitrogens is 1. The summed E-state index contributed by atoms with van der Waals surface area (Å²) in [6, 6.07) is 5.65. The van der Waals surface area contributed by atoms with Crippen LogP contribution in [0.5, 0.6) is 0 Å². The molecule has 0 unspecified atom stereocenters. The highest BCUT2D eigenvalue weighted by Gasteiger charge is 2.28. The van der Waals surface area contributed by atoms with Gasteiger partial charge in [-0.15, -0.1) is 0 Å². The van der Waals surface area contributed by atoms with Crippen LogP contribution in [0.2, 0.25) is 0 Å². The lowest BCUT2D eigenvalue weighted by atomic mass is 9.96. The number of fused-ring (bicyclic) bond motifs is 1. The number of hydrogen-bond acceptors (Lipinski definition) is 5. The maximum absolute atomic E-state index is 12.8. The van der Waals surface area contributed by atoms with E-state index in [2.05, 4.69) is 15.2 Å². The highest BCUT2D eigenvalue weighted by molar-refractivity contribution is 6.35. The number of carbonyl (C=O) groups excluding carboxylic acids is 2. The normalized spacial score (nSPS) is 14.3. The number of amides is 1. The Bertz CT molecular complexity index is 1000. The standard InChI is InChI=1S/C24H31N3O4/c1-5-31-24(30)21-15(2)25-20(17(21)9-7-12-27(3)4)14-18-22-16(11-13-28)8-6-10-19(22)26-23(18)29/h6,8,10,14,25,28H,5,7,9,11-13H2,1-4H3,(H,26,29). The number of carbonyl (C=O) groups is 2. The molecule has 0 fully saturated rings. The molecule has 0 bridgehead atoms. The van der Waals surface area contributed by atoms with Gasteiger partial charge in [0.25, 0.3) is 5.91 Å². The minimum absolute atomic E-state index is 0.00231. The number of anilines is 1. The summed E-state index contributed by atoms with van der Waals surface area (Å²) in [5.41, 5.74) is 5.89. The van der Waals surface area contributed by atoms with Crippen LogP contribution in [0.3, 0.4) is 0 Å². The minimum atomic E-state index is -0.349. The number of nitrogens with one attached hydrogen (secondary N) is 2. The Morgan fingerprint density at radius 3 is 2.71 bits per heavy atom. The first-order valence-electron chi connectivity index (χ1n) is 10.7. The quantitative estimate of drug-likeness (QED) is 0.424. The van der Waals surface area contributed by atoms with Crippen LogP contribution in [0.25, 0.3) is 11.6 Å². The van der Waals surface area contributed by atoms with Gasteiger partial charge in [-0.2, -0.15) is 0 Å². The van der Waals surface area contributed by atoms with Crippen molar-refractivity contribution in [3.63, 3.8) is 0 Å². The number of aromatic amines is 1. The van der Waals surface area contributed by atoms with E-state index in [4.69, 9.17) is 4.74 Å². The van der Waals surface area contributed by atoms with Gasteiger partial charge in [0.15, 0.2) is 0 Å². The second-order valence-corrected chi connectivity index (χ2v) is 7.97. The molecule has 0 spiro atoms. The third-order valence-corrected chi connectivity index (χ3v) is 5.42. The van der Waals surface area contributed by atoms with Crippen molar-refractivity contribution >= 4 is 29.2 Å². The number of hydrogen-bond donors (Lipinski definition) is 3. The maximum Gasteiger partial charge on any atom is 0.340 e. The summed E-state index contributed by atoms with van der Waals surface area (Å²) in [4.78, 5) is 30.8. The molecule has 1 aromatic heterocycles. The highest BCUT2D eigenvalue weighted by Crippen LogP contribution is 2.37. The van der Waals surface area contributed by atoms with Gasteiger partial charge in [-0.3, -0.25) is 4.79 Å². The van der Waals surface area contributed by atoms with Crippen molar-refractivity contribution in [1.29, 1.82) is 0 Å². The van der Waals surface area contributed by atoms with Crippen LogP contribution in [0.4, 0.5) is 5.69 Å². The van der Waals surface area contributed by atoms with Gasteiger partial charge in [-0.1, -0.05) is 12.1 Å². The lowest BCUT2D eigenvalue weighted by Gasteiger charge is -2.11. The predicted octanol–water partition coefficient (Wildman–Crippen LogP) is 3.02. The van der Waals surface area contributed by atoms with Crippen molar-refractivity contribution < 1.29 is 19.4 Å². The number of nitrogens with zero attached hydrogens (tertiary/aromatic N) is 1. The molecule has 3 N–H and O–H groups in total. The molecule has 166 valence electrons. The fraction of sp³-hybridized carbons (Fsp3) is 0.417. The van der Waals surface area contributed by atoms with E-state index in [0.29, 0.717) is 30.6 Å². The predicted molar refractivity (Wildman–Crippen MR) is 122 cm³/mol. The van der Waals surface area contributed by atoms with Crippen molar-refractivity contribution in [2.45, 2.75) is 33.1 Å². The largest absolute Gasteiger partial charge is 0.462 e. The van der Waals surface area contributed by atoms with E-state index in [1.165, 1.54) is 0 Å². The van der Waals surface area contributed by atoms with Crippen molar-refractivity contribution in [2.75, 3.05) is 39.2 Å². The van der Waals surface area contributed by atoms with Gasteiger partial charge < -0.3 is 25.0 Å². The van der Waals surface area contributed by atoms with Gasteiger partial charge in [-0.05, 0) is 77.0 Å². The Labute approximate surface area is 183 Å². The Kier molecular flexibility index (Phi) is 7.30. The van der Waals surface area contributed by atoms with E-state index in [9.17, 15) is 14.7 Å². The molecule has 1 amide bonds. The fourth-order valence-electron chi connectivity index (χ4n) is 4.07. The third kappa shape index (κ3) is 4.89. The van der Waals surface area contributed by atoms with Crippen molar-refractivity contribution in [3.05, 3.63) is 51.8 Å². The van der Waals surface area contributed by atoms with Gasteiger partial charge in [-0.25, -0.2) is 4.79 Å². The number of H-pyrrole nitrogens is 1. The summed E-state index contributed by atoms with van der Waals surface area (Å²) < 4.78 is 5.29. The smallest absolute Gasteiger partial charge is 0.340 e. The zero-order chi connectivity index (χ0) is 22.5. The van der Waals surface area contributed by atoms with E-state index in [0.717, 1.165) is 46.7 Å². The Balaban J connectivity index is 2.09. The maximum atomic E-state index is 12.8. The van der Waals surface area contributed by atoms with Crippen molar-refractivity contribution in [3.8, 4) is 0 Å². The SMILES string of the molecule is CCOC(=O)c1c(C)[nH]c(C=C2C(=O)Nc3cccc(CCO)c32)c1CCCN(C)C. The summed E-state index contributed by atoms with van der Waals surface area (Å²) in [6.07, 6.45) is 3.83. The molecule has 1 aromatic carbocycles. The van der Waals surface area contributed by atoms with Gasteiger partial charge >= 0.3 is 5.97 Å². The molecular formula is C24H31N3O4. The Morgan fingerprint density at radius 2 is 2.03 bits per heavy atom. The Hall–Kier alpha value is -2.90. The highest BCUT2D eigenvalue weighted by atomic mass is 16.5. The van der Waals surface area contributed by atoms with Crippen LogP contribution in [-0.2, 0) is 22.4 Å². The molecule has 0 saturated carbocycles. The molecule has 2 heterocycles. The second kappa shape index (κ2) is 9.94. The molecule has 1 aliphatic rings. The lowest BCUT2D eigenvalue weighted by Crippen LogP contribution is -2.14. The number of benzene rings is 1. The molecule has 0 atom stereocenters. The zero-order valence-corrected chi connectivity index (χ0v) is 18.7. The number of aliphatic hydroxyl groups is 1. The summed E-state index contributed by atoms with van der Waals surface area (Å²) in [5, 5.41) is 12.4. The third-order valence-electron chi connectivity index (χ3n) is 5.42. The van der Waals surface area contributed by atoms with E-state index in [1.54, 1.807) is 6.92 Å². The van der Waals surface area contributed by atoms with E-state index >= 15 is 0 Å². The molecule has 0 radical (unpaired) electrons. The summed E-state index contributed by atoms with van der Waals surface area (Å²) >= 11 is 0. The van der Waals surface area contributed by atoms with Crippen LogP contribution in [0, 0.1) is 6.92 Å². The molecule has 0 aliphatic carbocycles. The molecule has 1 aliphatic heterocycles. The molecule has 7 heteroatoms. The lowest BCUT2D eigenvalue weighted by molar-refractivity contribution is -0.110. The first kappa shape index (κ1) is 22.8.